The van der Waals surface area contributed by atoms with E-state index in [1.807, 2.05) is 24.3 Å². The number of nitrogen functional groups attached to an aromatic ring is 1. The molecule has 0 aliphatic heterocycles. The van der Waals surface area contributed by atoms with Gasteiger partial charge in [0.1, 0.15) is 5.75 Å². The monoisotopic (exact) mass is 305 g/mol. The number of Topliss-reactive ketones (excluding diaryl/α,β-unsaturated/α-hetero) is 1. The van der Waals surface area contributed by atoms with Gasteiger partial charge in [0.15, 0.2) is 11.5 Å². The fourth-order valence-electron chi connectivity index (χ4n) is 1.49. The molecule has 2 aromatic carbocycles. The van der Waals surface area contributed by atoms with Crippen molar-refractivity contribution in [2.75, 3.05) is 5.73 Å². The van der Waals surface area contributed by atoms with E-state index in [1.54, 1.807) is 18.2 Å². The van der Waals surface area contributed by atoms with Gasteiger partial charge in [0, 0.05) is 5.56 Å². The van der Waals surface area contributed by atoms with E-state index in [2.05, 4.69) is 15.9 Å². The number of benzene rings is 2. The van der Waals surface area contributed by atoms with Gasteiger partial charge in [-0.15, -0.1) is 0 Å². The van der Waals surface area contributed by atoms with Crippen LogP contribution in [-0.4, -0.2) is 5.78 Å². The first kappa shape index (κ1) is 12.6. The van der Waals surface area contributed by atoms with Gasteiger partial charge in [-0.25, -0.2) is 0 Å². The Balaban J connectivity index is 2.37. The van der Waals surface area contributed by atoms with Gasteiger partial charge in [0.05, 0.1) is 10.2 Å². The second-order valence-corrected chi connectivity index (χ2v) is 4.70. The average molecular weight is 306 g/mol. The van der Waals surface area contributed by atoms with Gasteiger partial charge in [-0.1, -0.05) is 12.1 Å². The number of hydrogen-bond acceptors (Lipinski definition) is 3. The number of rotatable bonds is 3. The molecular weight excluding hydrogens is 294 g/mol. The van der Waals surface area contributed by atoms with Crippen molar-refractivity contribution in [3.63, 3.8) is 0 Å². The molecule has 4 heteroatoms. The van der Waals surface area contributed by atoms with Crippen molar-refractivity contribution in [2.45, 2.75) is 6.92 Å². The summed E-state index contributed by atoms with van der Waals surface area (Å²) in [6.07, 6.45) is 0. The maximum Gasteiger partial charge on any atom is 0.159 e. The molecule has 3 nitrogen and oxygen atoms in total. The van der Waals surface area contributed by atoms with E-state index in [9.17, 15) is 4.79 Å². The lowest BCUT2D eigenvalue weighted by Gasteiger charge is -2.10. The van der Waals surface area contributed by atoms with Gasteiger partial charge in [0.25, 0.3) is 0 Å². The number of hydrogen-bond donors (Lipinski definition) is 1. The molecule has 2 aromatic rings. The van der Waals surface area contributed by atoms with Gasteiger partial charge < -0.3 is 10.5 Å². The molecule has 18 heavy (non-hydrogen) atoms. The molecule has 2 N–H and O–H groups in total. The Morgan fingerprint density at radius 3 is 2.56 bits per heavy atom. The molecule has 2 rings (SSSR count). The van der Waals surface area contributed by atoms with Crippen LogP contribution < -0.4 is 10.5 Å². The van der Waals surface area contributed by atoms with Gasteiger partial charge in [-0.05, 0) is 53.2 Å². The molecule has 0 amide bonds. The molecule has 0 aliphatic carbocycles. The number of carbonyl (C=O) groups excluding carboxylic acids is 1. The lowest BCUT2D eigenvalue weighted by atomic mass is 10.1. The Morgan fingerprint density at radius 2 is 1.89 bits per heavy atom. The Kier molecular flexibility index (Phi) is 3.67. The molecule has 0 aliphatic rings. The smallest absolute Gasteiger partial charge is 0.159 e. The largest absolute Gasteiger partial charge is 0.454 e. The quantitative estimate of drug-likeness (QED) is 0.688. The molecule has 0 unspecified atom stereocenters. The number of nitrogens with two attached hydrogens (primary N) is 1. The van der Waals surface area contributed by atoms with Crippen LogP contribution in [0.3, 0.4) is 0 Å². The lowest BCUT2D eigenvalue weighted by Crippen LogP contribution is -1.97. The third-order valence-electron chi connectivity index (χ3n) is 2.48. The Labute approximate surface area is 114 Å². The summed E-state index contributed by atoms with van der Waals surface area (Å²) < 4.78 is 6.54. The van der Waals surface area contributed by atoms with Crippen molar-refractivity contribution in [1.29, 1.82) is 0 Å². The Bertz CT molecular complexity index is 596. The highest BCUT2D eigenvalue weighted by atomic mass is 79.9. The molecule has 0 heterocycles. The second kappa shape index (κ2) is 5.23. The van der Waals surface area contributed by atoms with Gasteiger partial charge in [-0.2, -0.15) is 0 Å². The topological polar surface area (TPSA) is 52.3 Å². The van der Waals surface area contributed by atoms with Crippen molar-refractivity contribution < 1.29 is 9.53 Å². The zero-order valence-electron chi connectivity index (χ0n) is 9.81. The molecule has 92 valence electrons. The first-order valence-electron chi connectivity index (χ1n) is 5.41. The Hall–Kier alpha value is -1.81. The molecule has 0 spiro atoms. The van der Waals surface area contributed by atoms with E-state index >= 15 is 0 Å². The number of anilines is 1. The van der Waals surface area contributed by atoms with Gasteiger partial charge in [0.2, 0.25) is 0 Å². The van der Waals surface area contributed by atoms with Gasteiger partial charge in [-0.3, -0.25) is 4.79 Å². The summed E-state index contributed by atoms with van der Waals surface area (Å²) in [6.45, 7) is 1.51. The van der Waals surface area contributed by atoms with Crippen molar-refractivity contribution in [2.24, 2.45) is 0 Å². The standard InChI is InChI=1S/C14H12BrNO2/c1-9(17)10-6-7-12(16)14(8-10)18-13-5-3-2-4-11(13)15/h2-8H,16H2,1H3. The molecule has 0 bridgehead atoms. The van der Waals surface area contributed by atoms with Crippen LogP contribution in [-0.2, 0) is 0 Å². The molecule has 0 saturated heterocycles. The predicted molar refractivity (Wildman–Crippen MR) is 75.1 cm³/mol. The summed E-state index contributed by atoms with van der Waals surface area (Å²) in [5, 5.41) is 0. The average Bonchev–Trinajstić information content (AvgIpc) is 2.34. The minimum absolute atomic E-state index is 0.0213. The number of carbonyl (C=O) groups is 1. The molecule has 0 atom stereocenters. The van der Waals surface area contributed by atoms with Crippen molar-refractivity contribution >= 4 is 27.4 Å². The summed E-state index contributed by atoms with van der Waals surface area (Å²) in [4.78, 5) is 11.3. The highest BCUT2D eigenvalue weighted by molar-refractivity contribution is 9.10. The highest BCUT2D eigenvalue weighted by Gasteiger charge is 2.08. The van der Waals surface area contributed by atoms with Gasteiger partial charge >= 0.3 is 0 Å². The van der Waals surface area contributed by atoms with Crippen LogP contribution in [0.4, 0.5) is 5.69 Å². The second-order valence-electron chi connectivity index (χ2n) is 3.84. The lowest BCUT2D eigenvalue weighted by molar-refractivity contribution is 0.101. The summed E-state index contributed by atoms with van der Waals surface area (Å²) >= 11 is 3.39. The number of halogens is 1. The van der Waals surface area contributed by atoms with Crippen LogP contribution in [0.25, 0.3) is 0 Å². The minimum Gasteiger partial charge on any atom is -0.454 e. The first-order valence-corrected chi connectivity index (χ1v) is 6.20. The van der Waals surface area contributed by atoms with E-state index < -0.39 is 0 Å². The van der Waals surface area contributed by atoms with E-state index in [1.165, 1.54) is 6.92 Å². The van der Waals surface area contributed by atoms with Crippen molar-refractivity contribution in [3.05, 3.63) is 52.5 Å². The summed E-state index contributed by atoms with van der Waals surface area (Å²) in [6, 6.07) is 12.5. The van der Waals surface area contributed by atoms with Crippen LogP contribution in [0.1, 0.15) is 17.3 Å². The molecule has 0 radical (unpaired) electrons. The SMILES string of the molecule is CC(=O)c1ccc(N)c(Oc2ccccc2Br)c1. The van der Waals surface area contributed by atoms with Crippen LogP contribution >= 0.6 is 15.9 Å². The third kappa shape index (κ3) is 2.71. The highest BCUT2D eigenvalue weighted by Crippen LogP contribution is 2.33. The maximum atomic E-state index is 11.3. The molecule has 0 saturated carbocycles. The zero-order chi connectivity index (χ0) is 13.1. The van der Waals surface area contributed by atoms with E-state index in [-0.39, 0.29) is 5.78 Å². The van der Waals surface area contributed by atoms with Crippen LogP contribution in [0.2, 0.25) is 0 Å². The molecule has 0 aromatic heterocycles. The van der Waals surface area contributed by atoms with E-state index in [0.29, 0.717) is 22.7 Å². The maximum absolute atomic E-state index is 11.3. The summed E-state index contributed by atoms with van der Waals surface area (Å²) in [5.41, 5.74) is 6.91. The number of ether oxygens (including phenoxy) is 1. The van der Waals surface area contributed by atoms with Crippen LogP contribution in [0.5, 0.6) is 11.5 Å². The molecular formula is C14H12BrNO2. The summed E-state index contributed by atoms with van der Waals surface area (Å²) in [5.74, 6) is 1.12. The van der Waals surface area contributed by atoms with E-state index in [4.69, 9.17) is 10.5 Å². The first-order chi connectivity index (χ1) is 8.58. The number of para-hydroxylation sites is 1. The normalized spacial score (nSPS) is 10.1. The van der Waals surface area contributed by atoms with Crippen molar-refractivity contribution in [3.8, 4) is 11.5 Å². The van der Waals surface area contributed by atoms with Crippen LogP contribution in [0.15, 0.2) is 46.9 Å². The summed E-state index contributed by atoms with van der Waals surface area (Å²) in [7, 11) is 0. The van der Waals surface area contributed by atoms with E-state index in [0.717, 1.165) is 4.47 Å². The fourth-order valence-corrected chi connectivity index (χ4v) is 1.85. The van der Waals surface area contributed by atoms with Crippen LogP contribution in [0, 0.1) is 0 Å². The number of ketones is 1. The minimum atomic E-state index is -0.0213. The zero-order valence-corrected chi connectivity index (χ0v) is 11.4. The third-order valence-corrected chi connectivity index (χ3v) is 3.13. The fraction of sp³-hybridized carbons (Fsp3) is 0.0714. The predicted octanol–water partition coefficient (Wildman–Crippen LogP) is 4.03. The van der Waals surface area contributed by atoms with Crippen molar-refractivity contribution in [1.82, 2.24) is 0 Å². The Morgan fingerprint density at radius 1 is 1.17 bits per heavy atom. The molecule has 0 fully saturated rings.